The van der Waals surface area contributed by atoms with Crippen molar-refractivity contribution in [1.82, 2.24) is 15.1 Å². The average molecular weight is 238 g/mol. The Hall–Kier alpha value is -0.680. The van der Waals surface area contributed by atoms with E-state index in [1.807, 2.05) is 0 Å². The van der Waals surface area contributed by atoms with Gasteiger partial charge in [0.15, 0.2) is 0 Å². The Labute approximate surface area is 92.4 Å². The van der Waals surface area contributed by atoms with Crippen molar-refractivity contribution in [3.63, 3.8) is 0 Å². The molecule has 0 spiro atoms. The standard InChI is InChI=1S/C9H14ClF2N3/c1-5-8(10)7(15(3)14-5)4-6(13-2)9(11)12/h6,9,13H,4H2,1-3H3. The molecule has 86 valence electrons. The Morgan fingerprint density at radius 1 is 1.53 bits per heavy atom. The van der Waals surface area contributed by atoms with E-state index in [1.54, 1.807) is 18.7 Å². The largest absolute Gasteiger partial charge is 0.312 e. The SMILES string of the molecule is CNC(Cc1c(Cl)c(C)nn1C)C(F)F. The summed E-state index contributed by atoms with van der Waals surface area (Å²) in [5.41, 5.74) is 1.30. The van der Waals surface area contributed by atoms with Crippen LogP contribution in [0, 0.1) is 6.92 Å². The first-order valence-corrected chi connectivity index (χ1v) is 4.98. The molecule has 0 aliphatic rings. The molecule has 1 unspecified atom stereocenters. The third kappa shape index (κ3) is 2.66. The zero-order valence-electron chi connectivity index (χ0n) is 8.89. The van der Waals surface area contributed by atoms with Gasteiger partial charge in [-0.2, -0.15) is 5.10 Å². The molecule has 0 aliphatic carbocycles. The van der Waals surface area contributed by atoms with Crippen LogP contribution in [0.4, 0.5) is 8.78 Å². The predicted octanol–water partition coefficient (Wildman–Crippen LogP) is 1.78. The average Bonchev–Trinajstić information content (AvgIpc) is 2.39. The number of aryl methyl sites for hydroxylation is 2. The molecule has 1 N–H and O–H groups in total. The van der Waals surface area contributed by atoms with Crippen molar-refractivity contribution in [2.24, 2.45) is 7.05 Å². The normalized spacial score (nSPS) is 13.5. The van der Waals surface area contributed by atoms with Gasteiger partial charge in [0.1, 0.15) is 0 Å². The van der Waals surface area contributed by atoms with Crippen molar-refractivity contribution < 1.29 is 8.78 Å². The van der Waals surface area contributed by atoms with Crippen molar-refractivity contribution >= 4 is 11.6 Å². The van der Waals surface area contributed by atoms with Crippen molar-refractivity contribution in [3.8, 4) is 0 Å². The minimum Gasteiger partial charge on any atom is -0.312 e. The fraction of sp³-hybridized carbons (Fsp3) is 0.667. The van der Waals surface area contributed by atoms with Crippen LogP contribution in [-0.4, -0.2) is 29.3 Å². The van der Waals surface area contributed by atoms with E-state index in [1.165, 1.54) is 7.05 Å². The van der Waals surface area contributed by atoms with Crippen LogP contribution in [0.25, 0.3) is 0 Å². The number of rotatable bonds is 4. The van der Waals surface area contributed by atoms with E-state index >= 15 is 0 Å². The highest BCUT2D eigenvalue weighted by molar-refractivity contribution is 6.31. The van der Waals surface area contributed by atoms with Crippen LogP contribution in [0.2, 0.25) is 5.02 Å². The molecule has 0 saturated heterocycles. The van der Waals surface area contributed by atoms with Gasteiger partial charge >= 0.3 is 0 Å². The third-order valence-electron chi connectivity index (χ3n) is 2.35. The number of hydrogen-bond acceptors (Lipinski definition) is 2. The number of hydrogen-bond donors (Lipinski definition) is 1. The topological polar surface area (TPSA) is 29.9 Å². The van der Waals surface area contributed by atoms with E-state index in [9.17, 15) is 8.78 Å². The lowest BCUT2D eigenvalue weighted by Gasteiger charge is -2.15. The monoisotopic (exact) mass is 237 g/mol. The molecule has 1 aromatic heterocycles. The van der Waals surface area contributed by atoms with Crippen LogP contribution in [0.15, 0.2) is 0 Å². The Kier molecular flexibility index (Phi) is 4.04. The van der Waals surface area contributed by atoms with E-state index in [4.69, 9.17) is 11.6 Å². The van der Waals surface area contributed by atoms with Gasteiger partial charge < -0.3 is 5.32 Å². The van der Waals surface area contributed by atoms with Gasteiger partial charge in [0.05, 0.1) is 22.5 Å². The zero-order valence-corrected chi connectivity index (χ0v) is 9.65. The first-order chi connectivity index (χ1) is 6.97. The molecule has 0 bridgehead atoms. The lowest BCUT2D eigenvalue weighted by Crippen LogP contribution is -2.35. The number of nitrogens with one attached hydrogen (secondary N) is 1. The summed E-state index contributed by atoms with van der Waals surface area (Å²) in [6.45, 7) is 1.75. The van der Waals surface area contributed by atoms with Gasteiger partial charge in [-0.25, -0.2) is 8.78 Å². The number of nitrogens with zero attached hydrogens (tertiary/aromatic N) is 2. The second kappa shape index (κ2) is 4.90. The summed E-state index contributed by atoms with van der Waals surface area (Å²) in [5.74, 6) is 0. The van der Waals surface area contributed by atoms with Gasteiger partial charge in [0.25, 0.3) is 6.43 Å². The molecular formula is C9H14ClF2N3. The molecular weight excluding hydrogens is 224 g/mol. The van der Waals surface area contributed by atoms with Crippen LogP contribution < -0.4 is 5.32 Å². The van der Waals surface area contributed by atoms with Gasteiger partial charge in [-0.1, -0.05) is 11.6 Å². The summed E-state index contributed by atoms with van der Waals surface area (Å²) in [4.78, 5) is 0. The number of aromatic nitrogens is 2. The summed E-state index contributed by atoms with van der Waals surface area (Å²) in [7, 11) is 3.21. The maximum Gasteiger partial charge on any atom is 0.254 e. The highest BCUT2D eigenvalue weighted by Gasteiger charge is 2.22. The second-order valence-corrected chi connectivity index (χ2v) is 3.78. The fourth-order valence-electron chi connectivity index (χ4n) is 1.43. The first kappa shape index (κ1) is 12.4. The minimum atomic E-state index is -2.42. The smallest absolute Gasteiger partial charge is 0.254 e. The third-order valence-corrected chi connectivity index (χ3v) is 2.84. The van der Waals surface area contributed by atoms with E-state index in [0.717, 1.165) is 0 Å². The zero-order chi connectivity index (χ0) is 11.6. The fourth-order valence-corrected chi connectivity index (χ4v) is 1.66. The molecule has 0 amide bonds. The van der Waals surface area contributed by atoms with Crippen LogP contribution in [-0.2, 0) is 13.5 Å². The Morgan fingerprint density at radius 3 is 2.47 bits per heavy atom. The Balaban J connectivity index is 2.88. The lowest BCUT2D eigenvalue weighted by atomic mass is 10.1. The molecule has 0 fully saturated rings. The quantitative estimate of drug-likeness (QED) is 0.865. The van der Waals surface area contributed by atoms with Crippen molar-refractivity contribution in [2.75, 3.05) is 7.05 Å². The summed E-state index contributed by atoms with van der Waals surface area (Å²) < 4.78 is 26.6. The highest BCUT2D eigenvalue weighted by atomic mass is 35.5. The van der Waals surface area contributed by atoms with Gasteiger partial charge in [0, 0.05) is 13.5 Å². The maximum atomic E-state index is 12.5. The van der Waals surface area contributed by atoms with E-state index in [2.05, 4.69) is 10.4 Å². The molecule has 1 atom stereocenters. The highest BCUT2D eigenvalue weighted by Crippen LogP contribution is 2.21. The predicted molar refractivity (Wildman–Crippen MR) is 55.5 cm³/mol. The van der Waals surface area contributed by atoms with Crippen LogP contribution in [0.3, 0.4) is 0 Å². The minimum absolute atomic E-state index is 0.171. The molecule has 0 aliphatic heterocycles. The Morgan fingerprint density at radius 2 is 2.13 bits per heavy atom. The molecule has 1 rings (SSSR count). The number of alkyl halides is 2. The van der Waals surface area contributed by atoms with Gasteiger partial charge in [-0.15, -0.1) is 0 Å². The summed E-state index contributed by atoms with van der Waals surface area (Å²) in [6, 6.07) is -0.891. The molecule has 3 nitrogen and oxygen atoms in total. The second-order valence-electron chi connectivity index (χ2n) is 3.40. The molecule has 6 heteroatoms. The molecule has 15 heavy (non-hydrogen) atoms. The van der Waals surface area contributed by atoms with Gasteiger partial charge in [-0.3, -0.25) is 4.68 Å². The maximum absolute atomic E-state index is 12.5. The molecule has 1 heterocycles. The van der Waals surface area contributed by atoms with Crippen LogP contribution in [0.5, 0.6) is 0 Å². The summed E-state index contributed by atoms with van der Waals surface area (Å²) in [6.07, 6.45) is -2.24. The summed E-state index contributed by atoms with van der Waals surface area (Å²) >= 11 is 5.96. The molecule has 1 aromatic rings. The summed E-state index contributed by atoms with van der Waals surface area (Å²) in [5, 5.41) is 7.10. The molecule has 0 aromatic carbocycles. The molecule has 0 saturated carbocycles. The number of likely N-dealkylation sites (N-methyl/N-ethyl adjacent to an activating group) is 1. The van der Waals surface area contributed by atoms with Crippen LogP contribution in [0.1, 0.15) is 11.4 Å². The van der Waals surface area contributed by atoms with E-state index in [0.29, 0.717) is 16.4 Å². The van der Waals surface area contributed by atoms with E-state index < -0.39 is 12.5 Å². The lowest BCUT2D eigenvalue weighted by molar-refractivity contribution is 0.101. The van der Waals surface area contributed by atoms with E-state index in [-0.39, 0.29) is 6.42 Å². The number of halogens is 3. The van der Waals surface area contributed by atoms with Gasteiger partial charge in [0.2, 0.25) is 0 Å². The van der Waals surface area contributed by atoms with Gasteiger partial charge in [-0.05, 0) is 14.0 Å². The first-order valence-electron chi connectivity index (χ1n) is 4.60. The Bertz CT molecular complexity index is 338. The van der Waals surface area contributed by atoms with Crippen molar-refractivity contribution in [1.29, 1.82) is 0 Å². The van der Waals surface area contributed by atoms with Crippen molar-refractivity contribution in [2.45, 2.75) is 25.8 Å². The van der Waals surface area contributed by atoms with Crippen LogP contribution >= 0.6 is 11.6 Å². The van der Waals surface area contributed by atoms with Crippen molar-refractivity contribution in [3.05, 3.63) is 16.4 Å². The molecule has 0 radical (unpaired) electrons.